The predicted octanol–water partition coefficient (Wildman–Crippen LogP) is 19.0. The molecule has 1 nitrogen and oxygen atoms in total. The Kier molecular flexibility index (Phi) is 47.9. The number of carbonyl (C=O) groups is 1. The summed E-state index contributed by atoms with van der Waals surface area (Å²) in [4.78, 5) is 11.5. The maximum atomic E-state index is 11.5. The summed E-state index contributed by atoms with van der Waals surface area (Å²) in [6.07, 6.45) is 72.0. The zero-order chi connectivity index (χ0) is 38.2. The molecule has 312 valence electrons. The Morgan fingerprint density at radius 3 is 0.774 bits per heavy atom. The van der Waals surface area contributed by atoms with E-state index in [-0.39, 0.29) is 0 Å². The van der Waals surface area contributed by atoms with Gasteiger partial charge < -0.3 is 0 Å². The standard InChI is InChI=1S/C52H98O/c1-3-5-7-9-11-13-15-17-19-21-23-25-27-28-30-32-34-36-38-40-42-44-46-48-50-52(51-53)49-47-45-43-41-39-37-35-33-31-29-26-24-22-20-18-16-14-12-10-8-6-4-2/h17-20,50-51H,3-16,21-49H2,1-2H3. The van der Waals surface area contributed by atoms with Crippen LogP contribution in [0.2, 0.25) is 0 Å². The van der Waals surface area contributed by atoms with E-state index < -0.39 is 0 Å². The van der Waals surface area contributed by atoms with E-state index in [1.54, 1.807) is 0 Å². The zero-order valence-corrected chi connectivity index (χ0v) is 36.8. The first-order valence-electron chi connectivity index (χ1n) is 24.8. The fourth-order valence-electron chi connectivity index (χ4n) is 7.76. The smallest absolute Gasteiger partial charge is 0.145 e. The minimum atomic E-state index is 0.995. The van der Waals surface area contributed by atoms with Gasteiger partial charge in [-0.3, -0.25) is 4.79 Å². The molecule has 0 amide bonds. The van der Waals surface area contributed by atoms with Crippen molar-refractivity contribution in [1.82, 2.24) is 0 Å². The number of allylic oxidation sites excluding steroid dienone is 6. The van der Waals surface area contributed by atoms with Gasteiger partial charge in [0.05, 0.1) is 0 Å². The molecule has 0 saturated carbocycles. The molecule has 0 aromatic rings. The molecular formula is C52H98O. The van der Waals surface area contributed by atoms with Crippen molar-refractivity contribution in [2.75, 3.05) is 0 Å². The lowest BCUT2D eigenvalue weighted by Gasteiger charge is -2.04. The highest BCUT2D eigenvalue weighted by Gasteiger charge is 1.99. The van der Waals surface area contributed by atoms with Crippen LogP contribution in [-0.4, -0.2) is 6.29 Å². The highest BCUT2D eigenvalue weighted by atomic mass is 16.1. The molecule has 0 saturated heterocycles. The molecule has 53 heavy (non-hydrogen) atoms. The molecule has 0 unspecified atom stereocenters. The largest absolute Gasteiger partial charge is 0.298 e. The third-order valence-electron chi connectivity index (χ3n) is 11.5. The van der Waals surface area contributed by atoms with E-state index in [2.05, 4.69) is 44.2 Å². The van der Waals surface area contributed by atoms with E-state index >= 15 is 0 Å². The molecule has 0 fully saturated rings. The highest BCUT2D eigenvalue weighted by molar-refractivity contribution is 5.72. The van der Waals surface area contributed by atoms with Gasteiger partial charge >= 0.3 is 0 Å². The molecule has 0 aromatic heterocycles. The molecule has 0 spiro atoms. The van der Waals surface area contributed by atoms with Gasteiger partial charge in [-0.15, -0.1) is 0 Å². The van der Waals surface area contributed by atoms with Gasteiger partial charge in [0.15, 0.2) is 0 Å². The van der Waals surface area contributed by atoms with Crippen molar-refractivity contribution in [2.24, 2.45) is 0 Å². The second-order valence-corrected chi connectivity index (χ2v) is 16.9. The van der Waals surface area contributed by atoms with Gasteiger partial charge in [-0.25, -0.2) is 0 Å². The normalized spacial score (nSPS) is 12.2. The number of hydrogen-bond donors (Lipinski definition) is 0. The second kappa shape index (κ2) is 48.9. The third-order valence-corrected chi connectivity index (χ3v) is 11.5. The fourth-order valence-corrected chi connectivity index (χ4v) is 7.76. The molecular weight excluding hydrogens is 641 g/mol. The van der Waals surface area contributed by atoms with Crippen LogP contribution in [0.1, 0.15) is 290 Å². The molecule has 0 heterocycles. The Morgan fingerprint density at radius 1 is 0.283 bits per heavy atom. The van der Waals surface area contributed by atoms with E-state index in [4.69, 9.17) is 0 Å². The van der Waals surface area contributed by atoms with Crippen molar-refractivity contribution >= 4 is 6.29 Å². The van der Waals surface area contributed by atoms with Crippen LogP contribution in [0.3, 0.4) is 0 Å². The van der Waals surface area contributed by atoms with Crippen LogP contribution >= 0.6 is 0 Å². The lowest BCUT2D eigenvalue weighted by atomic mass is 10.0. The predicted molar refractivity (Wildman–Crippen MR) is 242 cm³/mol. The van der Waals surface area contributed by atoms with Gasteiger partial charge in [0.25, 0.3) is 0 Å². The lowest BCUT2D eigenvalue weighted by Crippen LogP contribution is -1.88. The van der Waals surface area contributed by atoms with Gasteiger partial charge in [0.1, 0.15) is 6.29 Å². The minimum absolute atomic E-state index is 0.995. The van der Waals surface area contributed by atoms with Crippen LogP contribution in [0.5, 0.6) is 0 Å². The summed E-state index contributed by atoms with van der Waals surface area (Å²) >= 11 is 0. The van der Waals surface area contributed by atoms with Gasteiger partial charge in [0.2, 0.25) is 0 Å². The summed E-state index contributed by atoms with van der Waals surface area (Å²) in [5.74, 6) is 0. The first kappa shape index (κ1) is 51.9. The van der Waals surface area contributed by atoms with Crippen LogP contribution in [-0.2, 0) is 4.79 Å². The Morgan fingerprint density at radius 2 is 0.509 bits per heavy atom. The topological polar surface area (TPSA) is 17.1 Å². The average Bonchev–Trinajstić information content (AvgIpc) is 3.17. The van der Waals surface area contributed by atoms with Crippen molar-refractivity contribution in [3.63, 3.8) is 0 Å². The Bertz CT molecular complexity index is 759. The van der Waals surface area contributed by atoms with Crippen LogP contribution in [0.25, 0.3) is 0 Å². The summed E-state index contributed by atoms with van der Waals surface area (Å²) in [6.45, 7) is 4.59. The van der Waals surface area contributed by atoms with Gasteiger partial charge in [0, 0.05) is 0 Å². The number of carbonyl (C=O) groups excluding carboxylic acids is 1. The van der Waals surface area contributed by atoms with E-state index in [1.807, 2.05) is 0 Å². The molecule has 0 aromatic carbocycles. The number of rotatable bonds is 46. The van der Waals surface area contributed by atoms with Crippen molar-refractivity contribution < 1.29 is 4.79 Å². The first-order valence-corrected chi connectivity index (χ1v) is 24.8. The molecule has 1 heteroatoms. The lowest BCUT2D eigenvalue weighted by molar-refractivity contribution is -0.105. The van der Waals surface area contributed by atoms with E-state index in [1.165, 1.54) is 263 Å². The van der Waals surface area contributed by atoms with Gasteiger partial charge in [-0.05, 0) is 82.6 Å². The first-order chi connectivity index (χ1) is 26.3. The monoisotopic (exact) mass is 739 g/mol. The number of unbranched alkanes of at least 4 members (excludes halogenated alkanes) is 38. The molecule has 0 rings (SSSR count). The maximum absolute atomic E-state index is 11.5. The summed E-state index contributed by atoms with van der Waals surface area (Å²) < 4.78 is 0. The minimum Gasteiger partial charge on any atom is -0.298 e. The molecule has 0 atom stereocenters. The number of aldehydes is 1. The Labute approximate surface area is 335 Å². The summed E-state index contributed by atoms with van der Waals surface area (Å²) in [5, 5.41) is 0. The SMILES string of the molecule is CCCCCCCCC=CCCCCCCCCCCCCCCCC=C(C=O)CCCCCCCCCCCCCCC=CCCCCCCCC. The van der Waals surface area contributed by atoms with Crippen molar-refractivity contribution in [3.05, 3.63) is 36.0 Å². The molecule has 0 radical (unpaired) electrons. The molecule has 0 bridgehead atoms. The molecule has 0 N–H and O–H groups in total. The summed E-state index contributed by atoms with van der Waals surface area (Å²) in [7, 11) is 0. The average molecular weight is 739 g/mol. The van der Waals surface area contributed by atoms with Crippen molar-refractivity contribution in [3.8, 4) is 0 Å². The van der Waals surface area contributed by atoms with Crippen LogP contribution in [0.15, 0.2) is 36.0 Å². The highest BCUT2D eigenvalue weighted by Crippen LogP contribution is 2.17. The second-order valence-electron chi connectivity index (χ2n) is 16.9. The quantitative estimate of drug-likeness (QED) is 0.0263. The van der Waals surface area contributed by atoms with Crippen LogP contribution in [0, 0.1) is 0 Å². The van der Waals surface area contributed by atoms with Crippen molar-refractivity contribution in [2.45, 2.75) is 290 Å². The number of hydrogen-bond acceptors (Lipinski definition) is 1. The van der Waals surface area contributed by atoms with Crippen LogP contribution < -0.4 is 0 Å². The molecule has 0 aliphatic carbocycles. The summed E-state index contributed by atoms with van der Waals surface area (Å²) in [5.41, 5.74) is 1.06. The maximum Gasteiger partial charge on any atom is 0.145 e. The van der Waals surface area contributed by atoms with Crippen molar-refractivity contribution in [1.29, 1.82) is 0 Å². The van der Waals surface area contributed by atoms with Crippen LogP contribution in [0.4, 0.5) is 0 Å². The summed E-state index contributed by atoms with van der Waals surface area (Å²) in [6, 6.07) is 0. The Hall–Kier alpha value is -1.11. The Balaban J connectivity index is 3.33. The molecule has 0 aliphatic rings. The van der Waals surface area contributed by atoms with Gasteiger partial charge in [-0.1, -0.05) is 243 Å². The van der Waals surface area contributed by atoms with E-state index in [0.29, 0.717) is 0 Å². The fraction of sp³-hybridized carbons (Fsp3) is 0.865. The zero-order valence-electron chi connectivity index (χ0n) is 36.8. The van der Waals surface area contributed by atoms with E-state index in [9.17, 15) is 4.79 Å². The third kappa shape index (κ3) is 47.0. The van der Waals surface area contributed by atoms with E-state index in [0.717, 1.165) is 24.7 Å². The molecule has 0 aliphatic heterocycles. The van der Waals surface area contributed by atoms with Gasteiger partial charge in [-0.2, -0.15) is 0 Å².